The minimum absolute atomic E-state index is 0.182. The highest BCUT2D eigenvalue weighted by Gasteiger charge is 2.38. The highest BCUT2D eigenvalue weighted by molar-refractivity contribution is 5.88. The molecular weight excluding hydrogens is 386 g/mol. The summed E-state index contributed by atoms with van der Waals surface area (Å²) in [6, 6.07) is 7.80. The molecule has 0 bridgehead atoms. The van der Waals surface area contributed by atoms with Gasteiger partial charge in [-0.2, -0.15) is 5.26 Å². The molecule has 7 nitrogen and oxygen atoms in total. The number of esters is 1. The molecule has 0 spiro atoms. The Balaban J connectivity index is 1.79. The highest BCUT2D eigenvalue weighted by Crippen LogP contribution is 2.39. The molecular formula is C23H29NO6. The van der Waals surface area contributed by atoms with E-state index in [9.17, 15) is 10.1 Å². The summed E-state index contributed by atoms with van der Waals surface area (Å²) >= 11 is 0. The van der Waals surface area contributed by atoms with Crippen molar-refractivity contribution in [1.29, 1.82) is 5.26 Å². The number of carbonyl (C=O) groups excluding carboxylic acids is 1. The molecule has 1 aromatic rings. The van der Waals surface area contributed by atoms with Crippen molar-refractivity contribution in [3.8, 4) is 17.6 Å². The van der Waals surface area contributed by atoms with Gasteiger partial charge in [0.15, 0.2) is 23.4 Å². The Morgan fingerprint density at radius 1 is 1.20 bits per heavy atom. The molecule has 2 aliphatic carbocycles. The zero-order valence-corrected chi connectivity index (χ0v) is 17.8. The third-order valence-electron chi connectivity index (χ3n) is 5.73. The molecule has 0 N–H and O–H groups in total. The lowest BCUT2D eigenvalue weighted by Crippen LogP contribution is -2.35. The van der Waals surface area contributed by atoms with Gasteiger partial charge >= 0.3 is 5.97 Å². The van der Waals surface area contributed by atoms with Gasteiger partial charge < -0.3 is 23.7 Å². The fourth-order valence-electron chi connectivity index (χ4n) is 3.96. The Labute approximate surface area is 177 Å². The van der Waals surface area contributed by atoms with E-state index in [2.05, 4.69) is 6.07 Å². The van der Waals surface area contributed by atoms with Gasteiger partial charge in [-0.25, -0.2) is 4.79 Å². The second-order valence-corrected chi connectivity index (χ2v) is 7.65. The molecule has 30 heavy (non-hydrogen) atoms. The van der Waals surface area contributed by atoms with Gasteiger partial charge in [0.25, 0.3) is 0 Å². The van der Waals surface area contributed by atoms with Crippen LogP contribution in [0.15, 0.2) is 29.8 Å². The first-order valence-corrected chi connectivity index (χ1v) is 10.3. The van der Waals surface area contributed by atoms with Crippen LogP contribution in [0.4, 0.5) is 0 Å². The van der Waals surface area contributed by atoms with Crippen molar-refractivity contribution < 1.29 is 28.5 Å². The maximum Gasteiger partial charge on any atom is 0.333 e. The molecule has 0 aromatic heterocycles. The van der Waals surface area contributed by atoms with E-state index in [1.54, 1.807) is 13.2 Å². The zero-order valence-electron chi connectivity index (χ0n) is 17.8. The normalized spacial score (nSPS) is 22.7. The third kappa shape index (κ3) is 4.94. The molecule has 1 aromatic carbocycles. The smallest absolute Gasteiger partial charge is 0.333 e. The summed E-state index contributed by atoms with van der Waals surface area (Å²) in [7, 11) is 4.50. The average molecular weight is 415 g/mol. The van der Waals surface area contributed by atoms with Crippen LogP contribution in [0.1, 0.15) is 56.8 Å². The number of carbonyl (C=O) groups is 1. The molecule has 2 atom stereocenters. The number of nitrogens with zero attached hydrogens (tertiary/aromatic N) is 1. The Kier molecular flexibility index (Phi) is 7.35. The zero-order chi connectivity index (χ0) is 21.6. The van der Waals surface area contributed by atoms with E-state index >= 15 is 0 Å². The summed E-state index contributed by atoms with van der Waals surface area (Å²) in [6.45, 7) is 0. The van der Waals surface area contributed by atoms with Gasteiger partial charge in [-0.05, 0) is 50.7 Å². The van der Waals surface area contributed by atoms with E-state index in [0.29, 0.717) is 29.9 Å². The number of methoxy groups -OCH3 is 3. The fourth-order valence-corrected chi connectivity index (χ4v) is 3.96. The minimum Gasteiger partial charge on any atom is -0.493 e. The van der Waals surface area contributed by atoms with E-state index in [0.717, 1.165) is 18.4 Å². The van der Waals surface area contributed by atoms with Crippen molar-refractivity contribution in [1.82, 2.24) is 0 Å². The maximum absolute atomic E-state index is 11.7. The van der Waals surface area contributed by atoms with Crippen molar-refractivity contribution in [2.24, 2.45) is 0 Å². The maximum atomic E-state index is 11.7. The summed E-state index contributed by atoms with van der Waals surface area (Å²) in [4.78, 5) is 11.7. The number of rotatable bonds is 8. The van der Waals surface area contributed by atoms with Crippen LogP contribution < -0.4 is 9.47 Å². The lowest BCUT2D eigenvalue weighted by molar-refractivity contribution is -0.187. The molecule has 0 saturated heterocycles. The van der Waals surface area contributed by atoms with Gasteiger partial charge in [-0.3, -0.25) is 0 Å². The summed E-state index contributed by atoms with van der Waals surface area (Å²) in [5, 5.41) is 9.82. The molecule has 0 aliphatic heterocycles. The van der Waals surface area contributed by atoms with Gasteiger partial charge in [0.2, 0.25) is 0 Å². The van der Waals surface area contributed by atoms with Crippen LogP contribution in [0.3, 0.4) is 0 Å². The van der Waals surface area contributed by atoms with Crippen LogP contribution in [0.5, 0.6) is 11.5 Å². The van der Waals surface area contributed by atoms with Gasteiger partial charge in [0, 0.05) is 24.7 Å². The minimum atomic E-state index is -1.08. The quantitative estimate of drug-likeness (QED) is 0.464. The summed E-state index contributed by atoms with van der Waals surface area (Å²) in [5.74, 6) is 0.933. The second-order valence-electron chi connectivity index (χ2n) is 7.65. The molecule has 2 unspecified atom stereocenters. The fraction of sp³-hybridized carbons (Fsp3) is 0.565. The SMILES string of the molecule is COC(=O)C1=CCC(C#N)(OC(OC)c2ccc(OC)c(OC3CCCC3)c2)CC1. The first kappa shape index (κ1) is 22.1. The van der Waals surface area contributed by atoms with E-state index < -0.39 is 11.9 Å². The Bertz CT molecular complexity index is 823. The van der Waals surface area contributed by atoms with Gasteiger partial charge in [0.05, 0.1) is 26.4 Å². The topological polar surface area (TPSA) is 87.0 Å². The van der Waals surface area contributed by atoms with E-state index in [1.165, 1.54) is 27.1 Å². The molecule has 1 fully saturated rings. The van der Waals surface area contributed by atoms with Crippen LogP contribution in [0.25, 0.3) is 0 Å². The van der Waals surface area contributed by atoms with Crippen molar-refractivity contribution in [2.45, 2.75) is 62.9 Å². The van der Waals surface area contributed by atoms with Gasteiger partial charge in [0.1, 0.15) is 0 Å². The predicted molar refractivity (Wildman–Crippen MR) is 109 cm³/mol. The Morgan fingerprint density at radius 3 is 2.53 bits per heavy atom. The average Bonchev–Trinajstić information content (AvgIpc) is 3.30. The van der Waals surface area contributed by atoms with Crippen LogP contribution >= 0.6 is 0 Å². The van der Waals surface area contributed by atoms with Crippen LogP contribution in [-0.4, -0.2) is 39.0 Å². The molecule has 1 saturated carbocycles. The third-order valence-corrected chi connectivity index (χ3v) is 5.73. The van der Waals surface area contributed by atoms with Crippen LogP contribution in [-0.2, 0) is 19.0 Å². The van der Waals surface area contributed by atoms with E-state index in [1.807, 2.05) is 18.2 Å². The number of hydrogen-bond donors (Lipinski definition) is 0. The highest BCUT2D eigenvalue weighted by atomic mass is 16.7. The largest absolute Gasteiger partial charge is 0.493 e. The first-order chi connectivity index (χ1) is 14.5. The lowest BCUT2D eigenvalue weighted by atomic mass is 9.86. The van der Waals surface area contributed by atoms with Crippen LogP contribution in [0, 0.1) is 11.3 Å². The molecule has 0 heterocycles. The standard InChI is InChI=1S/C23H29NO6/c1-26-19-9-8-17(14-20(19)29-18-6-4-5-7-18)22(28-3)30-23(15-24)12-10-16(11-13-23)21(25)27-2/h8-10,14,18,22H,4-7,11-13H2,1-3H3. The summed E-state index contributed by atoms with van der Waals surface area (Å²) in [5.41, 5.74) is 0.228. The van der Waals surface area contributed by atoms with Crippen molar-refractivity contribution in [3.63, 3.8) is 0 Å². The van der Waals surface area contributed by atoms with E-state index in [-0.39, 0.29) is 18.5 Å². The molecule has 162 valence electrons. The van der Waals surface area contributed by atoms with Crippen molar-refractivity contribution in [3.05, 3.63) is 35.4 Å². The second kappa shape index (κ2) is 9.96. The molecule has 0 radical (unpaired) electrons. The Hall–Kier alpha value is -2.56. The summed E-state index contributed by atoms with van der Waals surface area (Å²) in [6.07, 6.45) is 6.62. The predicted octanol–water partition coefficient (Wildman–Crippen LogP) is 4.22. The Morgan fingerprint density at radius 2 is 1.97 bits per heavy atom. The molecule has 0 amide bonds. The first-order valence-electron chi connectivity index (χ1n) is 10.3. The van der Waals surface area contributed by atoms with Crippen molar-refractivity contribution >= 4 is 5.97 Å². The molecule has 2 aliphatic rings. The lowest BCUT2D eigenvalue weighted by Gasteiger charge is -2.33. The monoisotopic (exact) mass is 415 g/mol. The molecule has 3 rings (SSSR count). The van der Waals surface area contributed by atoms with Crippen LogP contribution in [0.2, 0.25) is 0 Å². The number of benzene rings is 1. The van der Waals surface area contributed by atoms with Gasteiger partial charge in [-0.1, -0.05) is 12.1 Å². The molecule has 7 heteroatoms. The summed E-state index contributed by atoms with van der Waals surface area (Å²) < 4.78 is 28.1. The van der Waals surface area contributed by atoms with Crippen molar-refractivity contribution in [2.75, 3.05) is 21.3 Å². The van der Waals surface area contributed by atoms with E-state index in [4.69, 9.17) is 23.7 Å². The number of hydrogen-bond acceptors (Lipinski definition) is 7. The number of nitriles is 1. The van der Waals surface area contributed by atoms with Gasteiger partial charge in [-0.15, -0.1) is 0 Å². The number of ether oxygens (including phenoxy) is 5.